The molecule has 0 aliphatic rings. The molecule has 0 amide bonds. The number of benzene rings is 3. The molecule has 156 valence electrons. The molecule has 31 heavy (non-hydrogen) atoms. The van der Waals surface area contributed by atoms with Crippen molar-refractivity contribution in [2.75, 3.05) is 14.2 Å². The van der Waals surface area contributed by atoms with E-state index in [4.69, 9.17) is 14.2 Å². The molecule has 3 aromatic carbocycles. The second-order valence-electron chi connectivity index (χ2n) is 6.33. The summed E-state index contributed by atoms with van der Waals surface area (Å²) in [5.41, 5.74) is 1.61. The van der Waals surface area contributed by atoms with Gasteiger partial charge in [0.15, 0.2) is 23.1 Å². The molecule has 0 aromatic heterocycles. The highest BCUT2D eigenvalue weighted by atomic mass is 19.2. The molecule has 3 rings (SSSR count). The molecule has 7 heteroatoms. The largest absolute Gasteiger partial charge is 0.497 e. The third-order valence-electron chi connectivity index (χ3n) is 4.38. The van der Waals surface area contributed by atoms with E-state index in [0.717, 1.165) is 18.2 Å². The van der Waals surface area contributed by atoms with Crippen molar-refractivity contribution in [2.24, 2.45) is 0 Å². The fourth-order valence-electron chi connectivity index (χ4n) is 2.76. The van der Waals surface area contributed by atoms with Gasteiger partial charge >= 0.3 is 5.97 Å². The quantitative estimate of drug-likeness (QED) is 0.235. The summed E-state index contributed by atoms with van der Waals surface area (Å²) in [6, 6.07) is 16.6. The molecule has 0 unspecified atom stereocenters. The summed E-state index contributed by atoms with van der Waals surface area (Å²) in [6.45, 7) is 0. The summed E-state index contributed by atoms with van der Waals surface area (Å²) in [5, 5.41) is 9.53. The van der Waals surface area contributed by atoms with Crippen LogP contribution in [0, 0.1) is 23.0 Å². The maximum absolute atomic E-state index is 13.4. The second-order valence-corrected chi connectivity index (χ2v) is 6.33. The Morgan fingerprint density at radius 1 is 0.871 bits per heavy atom. The van der Waals surface area contributed by atoms with E-state index in [9.17, 15) is 18.8 Å². The van der Waals surface area contributed by atoms with Gasteiger partial charge in [-0.05, 0) is 71.8 Å². The van der Waals surface area contributed by atoms with Crippen molar-refractivity contribution >= 4 is 17.6 Å². The van der Waals surface area contributed by atoms with Crippen LogP contribution in [-0.4, -0.2) is 20.2 Å². The SMILES string of the molecule is COc1ccc(/C(C#N)=C\c2ccc(OC(=O)c3ccc(F)c(F)c3)c(OC)c2)cc1. The summed E-state index contributed by atoms with van der Waals surface area (Å²) >= 11 is 0. The number of methoxy groups -OCH3 is 2. The van der Waals surface area contributed by atoms with Crippen LogP contribution in [-0.2, 0) is 0 Å². The maximum Gasteiger partial charge on any atom is 0.343 e. The van der Waals surface area contributed by atoms with Gasteiger partial charge in [-0.15, -0.1) is 0 Å². The average Bonchev–Trinajstić information content (AvgIpc) is 2.80. The Balaban J connectivity index is 1.86. The number of halogens is 2. The topological polar surface area (TPSA) is 68.5 Å². The standard InChI is InChI=1S/C24H17F2NO4/c1-29-19-7-4-16(5-8-19)18(14-27)11-15-3-10-22(23(12-15)30-2)31-24(28)17-6-9-20(25)21(26)13-17/h3-13H,1-2H3/b18-11-. The number of esters is 1. The molecular formula is C24H17F2NO4. The van der Waals surface area contributed by atoms with Crippen LogP contribution < -0.4 is 14.2 Å². The highest BCUT2D eigenvalue weighted by Gasteiger charge is 2.15. The maximum atomic E-state index is 13.4. The third-order valence-corrected chi connectivity index (χ3v) is 4.38. The van der Waals surface area contributed by atoms with Crippen LogP contribution in [0.25, 0.3) is 11.6 Å². The number of carbonyl (C=O) groups excluding carboxylic acids is 1. The van der Waals surface area contributed by atoms with E-state index in [2.05, 4.69) is 6.07 Å². The predicted molar refractivity (Wildman–Crippen MR) is 111 cm³/mol. The first-order chi connectivity index (χ1) is 14.9. The van der Waals surface area contributed by atoms with Gasteiger partial charge in [0.2, 0.25) is 0 Å². The molecule has 0 saturated carbocycles. The number of nitriles is 1. The van der Waals surface area contributed by atoms with E-state index in [1.165, 1.54) is 13.2 Å². The van der Waals surface area contributed by atoms with E-state index >= 15 is 0 Å². The van der Waals surface area contributed by atoms with Crippen LogP contribution in [0.1, 0.15) is 21.5 Å². The number of nitrogens with zero attached hydrogens (tertiary/aromatic N) is 1. The minimum absolute atomic E-state index is 0.0948. The third kappa shape index (κ3) is 5.06. The van der Waals surface area contributed by atoms with Crippen LogP contribution in [0.15, 0.2) is 60.7 Å². The first kappa shape index (κ1) is 21.5. The summed E-state index contributed by atoms with van der Waals surface area (Å²) in [6.07, 6.45) is 1.66. The molecule has 0 aliphatic carbocycles. The normalized spacial score (nSPS) is 10.9. The first-order valence-corrected chi connectivity index (χ1v) is 9.06. The molecule has 0 N–H and O–H groups in total. The van der Waals surface area contributed by atoms with Crippen LogP contribution in [0.3, 0.4) is 0 Å². The smallest absolute Gasteiger partial charge is 0.343 e. The Morgan fingerprint density at radius 3 is 2.19 bits per heavy atom. The molecule has 0 bridgehead atoms. The Morgan fingerprint density at radius 2 is 1.58 bits per heavy atom. The van der Waals surface area contributed by atoms with E-state index in [-0.39, 0.29) is 17.1 Å². The highest BCUT2D eigenvalue weighted by molar-refractivity contribution is 5.92. The highest BCUT2D eigenvalue weighted by Crippen LogP contribution is 2.31. The lowest BCUT2D eigenvalue weighted by Crippen LogP contribution is -2.10. The van der Waals surface area contributed by atoms with Crippen molar-refractivity contribution in [2.45, 2.75) is 0 Å². The number of carbonyl (C=O) groups is 1. The zero-order valence-corrected chi connectivity index (χ0v) is 16.7. The van der Waals surface area contributed by atoms with E-state index in [1.807, 2.05) is 0 Å². The van der Waals surface area contributed by atoms with Crippen LogP contribution in [0.5, 0.6) is 17.2 Å². The molecule has 0 radical (unpaired) electrons. The number of hydrogen-bond donors (Lipinski definition) is 0. The molecular weight excluding hydrogens is 404 g/mol. The molecule has 0 heterocycles. The number of rotatable bonds is 6. The molecule has 0 atom stereocenters. The van der Waals surface area contributed by atoms with Crippen molar-refractivity contribution < 1.29 is 27.8 Å². The fourth-order valence-corrected chi connectivity index (χ4v) is 2.76. The van der Waals surface area contributed by atoms with Crippen molar-refractivity contribution in [3.63, 3.8) is 0 Å². The van der Waals surface area contributed by atoms with Crippen molar-refractivity contribution in [1.29, 1.82) is 5.26 Å². The second kappa shape index (κ2) is 9.55. The lowest BCUT2D eigenvalue weighted by Gasteiger charge is -2.10. The predicted octanol–water partition coefficient (Wildman–Crippen LogP) is 5.27. The van der Waals surface area contributed by atoms with E-state index in [0.29, 0.717) is 22.4 Å². The van der Waals surface area contributed by atoms with Crippen LogP contribution in [0.2, 0.25) is 0 Å². The molecule has 0 saturated heterocycles. The number of allylic oxidation sites excluding steroid dienone is 1. The Hall–Kier alpha value is -4.18. The fraction of sp³-hybridized carbons (Fsp3) is 0.0833. The van der Waals surface area contributed by atoms with Crippen molar-refractivity contribution in [1.82, 2.24) is 0 Å². The van der Waals surface area contributed by atoms with Gasteiger partial charge < -0.3 is 14.2 Å². The lowest BCUT2D eigenvalue weighted by molar-refractivity contribution is 0.0729. The first-order valence-electron chi connectivity index (χ1n) is 9.06. The van der Waals surface area contributed by atoms with Gasteiger partial charge in [0.05, 0.1) is 31.4 Å². The van der Waals surface area contributed by atoms with Gasteiger partial charge in [0, 0.05) is 0 Å². The molecule has 0 fully saturated rings. The molecule has 5 nitrogen and oxygen atoms in total. The Labute approximate surface area is 177 Å². The van der Waals surface area contributed by atoms with Gasteiger partial charge in [-0.1, -0.05) is 6.07 Å². The number of hydrogen-bond acceptors (Lipinski definition) is 5. The van der Waals surface area contributed by atoms with E-state index < -0.39 is 17.6 Å². The lowest BCUT2D eigenvalue weighted by atomic mass is 10.0. The summed E-state index contributed by atoms with van der Waals surface area (Å²) < 4.78 is 42.1. The van der Waals surface area contributed by atoms with Crippen LogP contribution in [0.4, 0.5) is 8.78 Å². The number of ether oxygens (including phenoxy) is 3. The van der Waals surface area contributed by atoms with Crippen molar-refractivity contribution in [3.05, 3.63) is 89.0 Å². The molecule has 3 aromatic rings. The molecule has 0 spiro atoms. The zero-order valence-electron chi connectivity index (χ0n) is 16.7. The van der Waals surface area contributed by atoms with Gasteiger partial charge in [-0.25, -0.2) is 13.6 Å². The van der Waals surface area contributed by atoms with Crippen molar-refractivity contribution in [3.8, 4) is 23.3 Å². The summed E-state index contributed by atoms with van der Waals surface area (Å²) in [7, 11) is 2.95. The minimum Gasteiger partial charge on any atom is -0.497 e. The minimum atomic E-state index is -1.15. The molecule has 0 aliphatic heterocycles. The summed E-state index contributed by atoms with van der Waals surface area (Å²) in [5.74, 6) is -2.07. The zero-order chi connectivity index (χ0) is 22.4. The monoisotopic (exact) mass is 421 g/mol. The van der Waals surface area contributed by atoms with E-state index in [1.54, 1.807) is 49.6 Å². The van der Waals surface area contributed by atoms with Crippen LogP contribution >= 0.6 is 0 Å². The Kier molecular flexibility index (Phi) is 6.63. The van der Waals surface area contributed by atoms with Gasteiger partial charge in [-0.2, -0.15) is 5.26 Å². The van der Waals surface area contributed by atoms with Gasteiger partial charge in [-0.3, -0.25) is 0 Å². The Bertz CT molecular complexity index is 1180. The average molecular weight is 421 g/mol. The summed E-state index contributed by atoms with van der Waals surface area (Å²) in [4.78, 5) is 12.3. The van der Waals surface area contributed by atoms with Gasteiger partial charge in [0.25, 0.3) is 0 Å². The van der Waals surface area contributed by atoms with Gasteiger partial charge in [0.1, 0.15) is 5.75 Å².